The molecule has 14 heteroatoms. The third-order valence-corrected chi connectivity index (χ3v) is 5.24. The highest BCUT2D eigenvalue weighted by atomic mass is 16.4. The van der Waals surface area contributed by atoms with Crippen LogP contribution in [0.3, 0.4) is 0 Å². The number of nitrogens with two attached hydrogens (primary N) is 2. The first kappa shape index (κ1) is 30.5. The lowest BCUT2D eigenvalue weighted by Gasteiger charge is -2.25. The molecule has 0 bridgehead atoms. The number of hydrogen-bond acceptors (Lipinski definition) is 8. The molecule has 4 unspecified atom stereocenters. The number of hydrogen-bond donors (Lipinski definition) is 8. The fraction of sp³-hybridized carbons (Fsp3) is 0.636. The lowest BCUT2D eigenvalue weighted by molar-refractivity contribution is -0.142. The van der Waals surface area contributed by atoms with E-state index in [1.54, 1.807) is 0 Å². The van der Waals surface area contributed by atoms with Crippen LogP contribution in [0.2, 0.25) is 0 Å². The molecule has 0 aliphatic carbocycles. The van der Waals surface area contributed by atoms with E-state index in [4.69, 9.17) is 16.6 Å². The van der Waals surface area contributed by atoms with E-state index in [9.17, 15) is 29.1 Å². The Morgan fingerprint density at radius 3 is 2.11 bits per heavy atom. The number of nitrogens with one attached hydrogen (secondary N) is 4. The summed E-state index contributed by atoms with van der Waals surface area (Å²) in [4.78, 5) is 67.7. The van der Waals surface area contributed by atoms with Gasteiger partial charge in [0.1, 0.15) is 18.1 Å². The second-order valence-corrected chi connectivity index (χ2v) is 8.92. The molecular weight excluding hydrogens is 474 g/mol. The molecule has 0 spiro atoms. The van der Waals surface area contributed by atoms with Gasteiger partial charge in [0.05, 0.1) is 18.8 Å². The predicted octanol–water partition coefficient (Wildman–Crippen LogP) is -1.53. The van der Waals surface area contributed by atoms with Gasteiger partial charge in [0.15, 0.2) is 0 Å². The zero-order valence-corrected chi connectivity index (χ0v) is 20.5. The number of rotatable bonds is 17. The van der Waals surface area contributed by atoms with Crippen molar-refractivity contribution in [1.29, 1.82) is 0 Å². The summed E-state index contributed by atoms with van der Waals surface area (Å²) in [6.45, 7) is 3.99. The van der Waals surface area contributed by atoms with Gasteiger partial charge < -0.3 is 42.6 Å². The van der Waals surface area contributed by atoms with E-state index < -0.39 is 60.2 Å². The van der Waals surface area contributed by atoms with Crippen LogP contribution in [0.25, 0.3) is 0 Å². The van der Waals surface area contributed by atoms with E-state index >= 15 is 0 Å². The number of carboxylic acids is 2. The SMILES string of the molecule is CC(C)CC(NC(=O)C(Cc1cnc[nH]1)NC(=O)C(CCCCN)NC(=O)C(N)CC(=O)O)C(=O)O. The Hall–Kier alpha value is -3.52. The average Bonchev–Trinajstić information content (AvgIpc) is 3.29. The number of carbonyl (C=O) groups is 5. The molecule has 202 valence electrons. The van der Waals surface area contributed by atoms with Crippen molar-refractivity contribution >= 4 is 29.7 Å². The third-order valence-electron chi connectivity index (χ3n) is 5.24. The number of nitrogens with zero attached hydrogens (tertiary/aromatic N) is 1. The molecule has 0 aliphatic rings. The van der Waals surface area contributed by atoms with Gasteiger partial charge in [0, 0.05) is 18.3 Å². The van der Waals surface area contributed by atoms with Crippen molar-refractivity contribution in [3.05, 3.63) is 18.2 Å². The summed E-state index contributed by atoms with van der Waals surface area (Å²) in [7, 11) is 0. The van der Waals surface area contributed by atoms with Gasteiger partial charge in [-0.1, -0.05) is 13.8 Å². The van der Waals surface area contributed by atoms with Gasteiger partial charge in [0.25, 0.3) is 0 Å². The number of H-pyrrole nitrogens is 1. The number of amides is 3. The molecule has 0 fully saturated rings. The van der Waals surface area contributed by atoms with Crippen LogP contribution in [0.4, 0.5) is 0 Å². The molecule has 0 aromatic carbocycles. The summed E-state index contributed by atoms with van der Waals surface area (Å²) in [5.41, 5.74) is 11.6. The van der Waals surface area contributed by atoms with Crippen molar-refractivity contribution in [2.24, 2.45) is 17.4 Å². The van der Waals surface area contributed by atoms with Crippen LogP contribution in [0, 0.1) is 5.92 Å². The first-order valence-electron chi connectivity index (χ1n) is 11.7. The molecule has 1 rings (SSSR count). The fourth-order valence-corrected chi connectivity index (χ4v) is 3.38. The molecule has 1 aromatic rings. The number of aromatic amines is 1. The topological polar surface area (TPSA) is 243 Å². The summed E-state index contributed by atoms with van der Waals surface area (Å²) in [5, 5.41) is 25.8. The van der Waals surface area contributed by atoms with Crippen LogP contribution in [0.5, 0.6) is 0 Å². The zero-order chi connectivity index (χ0) is 27.3. The van der Waals surface area contributed by atoms with Crippen LogP contribution < -0.4 is 27.4 Å². The van der Waals surface area contributed by atoms with E-state index in [2.05, 4.69) is 25.9 Å². The van der Waals surface area contributed by atoms with Crippen LogP contribution in [0.1, 0.15) is 51.6 Å². The minimum atomic E-state index is -1.37. The minimum absolute atomic E-state index is 0.0100. The largest absolute Gasteiger partial charge is 0.481 e. The predicted molar refractivity (Wildman–Crippen MR) is 128 cm³/mol. The van der Waals surface area contributed by atoms with Crippen molar-refractivity contribution in [1.82, 2.24) is 25.9 Å². The van der Waals surface area contributed by atoms with Crippen molar-refractivity contribution in [2.45, 2.75) is 76.5 Å². The third kappa shape index (κ3) is 11.3. The molecule has 36 heavy (non-hydrogen) atoms. The Kier molecular flexibility index (Phi) is 13.1. The van der Waals surface area contributed by atoms with Gasteiger partial charge in [0.2, 0.25) is 17.7 Å². The summed E-state index contributed by atoms with van der Waals surface area (Å²) < 4.78 is 0. The van der Waals surface area contributed by atoms with Gasteiger partial charge in [-0.2, -0.15) is 0 Å². The monoisotopic (exact) mass is 511 g/mol. The van der Waals surface area contributed by atoms with Crippen LogP contribution in [-0.4, -0.2) is 80.6 Å². The Morgan fingerprint density at radius 2 is 1.58 bits per heavy atom. The number of carboxylic acid groups (broad SMARTS) is 2. The molecular formula is C22H37N7O7. The molecule has 0 radical (unpaired) electrons. The highest BCUT2D eigenvalue weighted by Crippen LogP contribution is 2.08. The van der Waals surface area contributed by atoms with Gasteiger partial charge in [-0.15, -0.1) is 0 Å². The molecule has 0 saturated heterocycles. The van der Waals surface area contributed by atoms with Gasteiger partial charge in [-0.3, -0.25) is 19.2 Å². The van der Waals surface area contributed by atoms with E-state index in [0.717, 1.165) is 0 Å². The molecule has 14 nitrogen and oxygen atoms in total. The fourth-order valence-electron chi connectivity index (χ4n) is 3.38. The van der Waals surface area contributed by atoms with Crippen LogP contribution in [-0.2, 0) is 30.4 Å². The van der Waals surface area contributed by atoms with E-state index in [1.165, 1.54) is 12.5 Å². The number of aromatic nitrogens is 2. The first-order chi connectivity index (χ1) is 16.9. The highest BCUT2D eigenvalue weighted by Gasteiger charge is 2.31. The summed E-state index contributed by atoms with van der Waals surface area (Å²) >= 11 is 0. The summed E-state index contributed by atoms with van der Waals surface area (Å²) in [6.07, 6.45) is 3.59. The maximum absolute atomic E-state index is 13.1. The smallest absolute Gasteiger partial charge is 0.326 e. The quantitative estimate of drug-likeness (QED) is 0.112. The van der Waals surface area contributed by atoms with Gasteiger partial charge >= 0.3 is 11.9 Å². The molecule has 4 atom stereocenters. The highest BCUT2D eigenvalue weighted by molar-refractivity contribution is 5.94. The number of unbranched alkanes of at least 4 members (excludes halogenated alkanes) is 1. The maximum atomic E-state index is 13.1. The van der Waals surface area contributed by atoms with Crippen molar-refractivity contribution in [3.63, 3.8) is 0 Å². The standard InChI is InChI=1S/C22H37N7O7/c1-12(2)7-17(22(35)36)29-21(34)16(8-13-10-25-11-26-13)28-20(33)15(5-3-4-6-23)27-19(32)14(24)9-18(30)31/h10-12,14-17H,3-9,23-24H2,1-2H3,(H,25,26)(H,27,32)(H,28,33)(H,29,34)(H,30,31)(H,35,36). The number of aliphatic carboxylic acids is 2. The van der Waals surface area contributed by atoms with E-state index in [0.29, 0.717) is 25.1 Å². The summed E-state index contributed by atoms with van der Waals surface area (Å²) in [6, 6.07) is -4.84. The second kappa shape index (κ2) is 15.5. The molecule has 1 heterocycles. The van der Waals surface area contributed by atoms with Gasteiger partial charge in [-0.25, -0.2) is 9.78 Å². The Bertz CT molecular complexity index is 876. The normalized spacial score (nSPS) is 14.4. The maximum Gasteiger partial charge on any atom is 0.326 e. The average molecular weight is 512 g/mol. The van der Waals surface area contributed by atoms with Gasteiger partial charge in [-0.05, 0) is 38.1 Å². The molecule has 0 saturated carbocycles. The molecule has 10 N–H and O–H groups in total. The van der Waals surface area contributed by atoms with Crippen LogP contribution in [0.15, 0.2) is 12.5 Å². The lowest BCUT2D eigenvalue weighted by atomic mass is 10.0. The molecule has 0 aliphatic heterocycles. The zero-order valence-electron chi connectivity index (χ0n) is 20.5. The Balaban J connectivity index is 3.06. The number of carbonyl (C=O) groups excluding carboxylic acids is 3. The van der Waals surface area contributed by atoms with Crippen molar-refractivity contribution in [2.75, 3.05) is 6.54 Å². The molecule has 3 amide bonds. The Labute approximate surface area is 209 Å². The van der Waals surface area contributed by atoms with Crippen LogP contribution >= 0.6 is 0 Å². The van der Waals surface area contributed by atoms with Crippen molar-refractivity contribution in [3.8, 4) is 0 Å². The van der Waals surface area contributed by atoms with E-state index in [1.807, 2.05) is 13.8 Å². The van der Waals surface area contributed by atoms with E-state index in [-0.39, 0.29) is 25.2 Å². The Morgan fingerprint density at radius 1 is 0.972 bits per heavy atom. The van der Waals surface area contributed by atoms with Crippen molar-refractivity contribution < 1.29 is 34.2 Å². The second-order valence-electron chi connectivity index (χ2n) is 8.92. The minimum Gasteiger partial charge on any atom is -0.481 e. The first-order valence-corrected chi connectivity index (χ1v) is 11.7. The number of imidazole rings is 1. The summed E-state index contributed by atoms with van der Waals surface area (Å²) in [5.74, 6) is -4.75. The molecule has 1 aromatic heterocycles. The lowest BCUT2D eigenvalue weighted by Crippen LogP contribution is -2.57.